The molecular weight excluding hydrogens is 275 g/mol. The molecule has 1 atom stereocenters. The van der Waals surface area contributed by atoms with E-state index in [4.69, 9.17) is 28.9 Å². The lowest BCUT2D eigenvalue weighted by Gasteiger charge is -2.15. The number of nitrogens with zero attached hydrogens (tertiary/aromatic N) is 2. The van der Waals surface area contributed by atoms with E-state index in [0.29, 0.717) is 10.7 Å². The minimum Gasteiger partial charge on any atom is -0.381 e. The van der Waals surface area contributed by atoms with Gasteiger partial charge in [0, 0.05) is 11.3 Å². The summed E-state index contributed by atoms with van der Waals surface area (Å²) < 4.78 is 0. The summed E-state index contributed by atoms with van der Waals surface area (Å²) in [6.07, 6.45) is 0. The summed E-state index contributed by atoms with van der Waals surface area (Å²) in [6.45, 7) is 7.62. The molecule has 1 aromatic rings. The second kappa shape index (κ2) is 5.36. The molecular formula is C11H18Cl2N4O. The van der Waals surface area contributed by atoms with Crippen LogP contribution in [0, 0.1) is 5.92 Å². The van der Waals surface area contributed by atoms with Crippen LogP contribution in [0.3, 0.4) is 0 Å². The molecule has 0 saturated carbocycles. The van der Waals surface area contributed by atoms with Gasteiger partial charge >= 0.3 is 0 Å². The van der Waals surface area contributed by atoms with Crippen molar-refractivity contribution in [3.63, 3.8) is 0 Å². The van der Waals surface area contributed by atoms with Gasteiger partial charge in [0.05, 0.1) is 11.6 Å². The zero-order valence-electron chi connectivity index (χ0n) is 10.9. The maximum Gasteiger partial charge on any atom is 0.244 e. The maximum atomic E-state index is 11.7. The van der Waals surface area contributed by atoms with Crippen molar-refractivity contribution in [2.24, 2.45) is 5.92 Å². The van der Waals surface area contributed by atoms with E-state index in [-0.39, 0.29) is 28.9 Å². The summed E-state index contributed by atoms with van der Waals surface area (Å²) in [4.78, 5) is 12.9. The van der Waals surface area contributed by atoms with Crippen LogP contribution in [0.5, 0.6) is 0 Å². The van der Waals surface area contributed by atoms with Gasteiger partial charge in [0.1, 0.15) is 5.02 Å². The smallest absolute Gasteiger partial charge is 0.244 e. The molecule has 1 heterocycles. The minimum atomic E-state index is -0.327. The van der Waals surface area contributed by atoms with Crippen LogP contribution in [0.1, 0.15) is 33.4 Å². The van der Waals surface area contributed by atoms with Crippen molar-refractivity contribution in [3.05, 3.63) is 10.7 Å². The fourth-order valence-corrected chi connectivity index (χ4v) is 1.80. The van der Waals surface area contributed by atoms with Gasteiger partial charge in [-0.2, -0.15) is 9.89 Å². The summed E-state index contributed by atoms with van der Waals surface area (Å²) in [6, 6.07) is 0. The highest BCUT2D eigenvalue weighted by Crippen LogP contribution is 2.31. The average molecular weight is 293 g/mol. The van der Waals surface area contributed by atoms with Crippen molar-refractivity contribution in [2.45, 2.75) is 33.1 Å². The Hall–Kier alpha value is -0.940. The van der Waals surface area contributed by atoms with E-state index in [0.717, 1.165) is 0 Å². The molecule has 18 heavy (non-hydrogen) atoms. The first-order valence-corrected chi connectivity index (χ1v) is 6.51. The monoisotopic (exact) mass is 292 g/mol. The summed E-state index contributed by atoms with van der Waals surface area (Å²) in [5.41, 5.74) is 8.77. The van der Waals surface area contributed by atoms with Crippen molar-refractivity contribution < 1.29 is 4.79 Å². The molecule has 5 nitrogen and oxygen atoms in total. The van der Waals surface area contributed by atoms with Crippen LogP contribution in [-0.4, -0.2) is 21.7 Å². The Morgan fingerprint density at radius 2 is 2.11 bits per heavy atom. The molecule has 0 aliphatic heterocycles. The van der Waals surface area contributed by atoms with E-state index >= 15 is 0 Å². The number of rotatable bonds is 3. The third-order valence-electron chi connectivity index (χ3n) is 2.47. The molecule has 1 unspecified atom stereocenters. The zero-order chi connectivity index (χ0) is 14.1. The van der Waals surface area contributed by atoms with Crippen LogP contribution in [0.2, 0.25) is 5.02 Å². The molecule has 0 bridgehead atoms. The lowest BCUT2D eigenvalue weighted by molar-refractivity contribution is -0.119. The van der Waals surface area contributed by atoms with E-state index in [1.54, 1.807) is 6.92 Å². The van der Waals surface area contributed by atoms with Crippen molar-refractivity contribution in [1.82, 2.24) is 9.89 Å². The number of amides is 1. The van der Waals surface area contributed by atoms with E-state index < -0.39 is 0 Å². The molecule has 0 aliphatic carbocycles. The normalized spacial score (nSPS) is 13.4. The average Bonchev–Trinajstić information content (AvgIpc) is 2.55. The summed E-state index contributed by atoms with van der Waals surface area (Å²) in [7, 11) is 0. The number of nitrogens with one attached hydrogen (secondary N) is 1. The van der Waals surface area contributed by atoms with Crippen molar-refractivity contribution in [1.29, 1.82) is 0 Å². The SMILES string of the molecule is CC(CCl)C(=O)Nn1nc(C(C)(C)C)c(Cl)c1N. The molecule has 0 radical (unpaired) electrons. The van der Waals surface area contributed by atoms with E-state index in [1.807, 2.05) is 20.8 Å². The number of nitrogens with two attached hydrogens (primary N) is 1. The lowest BCUT2D eigenvalue weighted by Crippen LogP contribution is -2.31. The van der Waals surface area contributed by atoms with Crippen molar-refractivity contribution in [3.8, 4) is 0 Å². The Morgan fingerprint density at radius 1 is 1.56 bits per heavy atom. The second-order valence-electron chi connectivity index (χ2n) is 5.24. The molecule has 7 heteroatoms. The topological polar surface area (TPSA) is 72.9 Å². The fraction of sp³-hybridized carbons (Fsp3) is 0.636. The van der Waals surface area contributed by atoms with Crippen LogP contribution < -0.4 is 11.2 Å². The Morgan fingerprint density at radius 3 is 2.50 bits per heavy atom. The number of alkyl halides is 1. The van der Waals surface area contributed by atoms with Gasteiger partial charge in [0.15, 0.2) is 5.82 Å². The Labute approximate surface area is 117 Å². The lowest BCUT2D eigenvalue weighted by atomic mass is 9.92. The highest BCUT2D eigenvalue weighted by Gasteiger charge is 2.25. The maximum absolute atomic E-state index is 11.7. The highest BCUT2D eigenvalue weighted by molar-refractivity contribution is 6.33. The van der Waals surface area contributed by atoms with E-state index in [9.17, 15) is 4.79 Å². The number of hydrogen-bond acceptors (Lipinski definition) is 3. The van der Waals surface area contributed by atoms with Gasteiger partial charge in [0.2, 0.25) is 5.91 Å². The van der Waals surface area contributed by atoms with Gasteiger partial charge in [-0.3, -0.25) is 4.79 Å². The zero-order valence-corrected chi connectivity index (χ0v) is 12.4. The predicted molar refractivity (Wildman–Crippen MR) is 74.6 cm³/mol. The molecule has 1 amide bonds. The number of anilines is 1. The predicted octanol–water partition coefficient (Wildman–Crippen LogP) is 2.36. The van der Waals surface area contributed by atoms with E-state index in [1.165, 1.54) is 4.79 Å². The van der Waals surface area contributed by atoms with Crippen molar-refractivity contribution in [2.75, 3.05) is 17.0 Å². The Kier molecular flexibility index (Phi) is 4.50. The van der Waals surface area contributed by atoms with Gasteiger partial charge < -0.3 is 5.73 Å². The molecule has 1 rings (SSSR count). The number of halogens is 2. The quantitative estimate of drug-likeness (QED) is 0.840. The number of carbonyl (C=O) groups is 1. The Bertz CT molecular complexity index is 451. The Balaban J connectivity index is 3.02. The minimum absolute atomic E-state index is 0.219. The van der Waals surface area contributed by atoms with E-state index in [2.05, 4.69) is 10.5 Å². The van der Waals surface area contributed by atoms with Gasteiger partial charge in [-0.15, -0.1) is 11.6 Å². The standard InChI is InChI=1S/C11H18Cl2N4O/c1-6(5-12)10(18)16-17-9(14)7(13)8(15-17)11(2,3)4/h6H,5,14H2,1-4H3,(H,16,18). The summed E-state index contributed by atoms with van der Waals surface area (Å²) >= 11 is 11.7. The summed E-state index contributed by atoms with van der Waals surface area (Å²) in [5, 5.41) is 4.58. The van der Waals surface area contributed by atoms with Crippen LogP contribution in [0.25, 0.3) is 0 Å². The van der Waals surface area contributed by atoms with Gasteiger partial charge in [-0.05, 0) is 0 Å². The van der Waals surface area contributed by atoms with Crippen LogP contribution in [0.4, 0.5) is 5.82 Å². The van der Waals surface area contributed by atoms with Gasteiger partial charge in [0.25, 0.3) is 0 Å². The molecule has 0 spiro atoms. The summed E-state index contributed by atoms with van der Waals surface area (Å²) in [5.74, 6) is -0.132. The third-order valence-corrected chi connectivity index (χ3v) is 3.30. The van der Waals surface area contributed by atoms with Crippen LogP contribution in [-0.2, 0) is 10.2 Å². The molecule has 1 aromatic heterocycles. The van der Waals surface area contributed by atoms with Gasteiger partial charge in [-0.25, -0.2) is 5.43 Å². The first-order valence-electron chi connectivity index (χ1n) is 5.59. The molecule has 102 valence electrons. The van der Waals surface area contributed by atoms with Gasteiger partial charge in [-0.1, -0.05) is 39.3 Å². The third kappa shape index (κ3) is 3.09. The molecule has 0 fully saturated rings. The number of carbonyl (C=O) groups excluding carboxylic acids is 1. The first-order chi connectivity index (χ1) is 8.18. The molecule has 0 saturated heterocycles. The van der Waals surface area contributed by atoms with Crippen LogP contribution in [0.15, 0.2) is 0 Å². The highest BCUT2D eigenvalue weighted by atomic mass is 35.5. The number of hydrogen-bond donors (Lipinski definition) is 2. The fourth-order valence-electron chi connectivity index (χ4n) is 1.26. The number of aromatic nitrogens is 2. The second-order valence-corrected chi connectivity index (χ2v) is 5.93. The first kappa shape index (κ1) is 15.1. The molecule has 3 N–H and O–H groups in total. The molecule has 0 aliphatic rings. The van der Waals surface area contributed by atoms with Crippen molar-refractivity contribution >= 4 is 34.9 Å². The van der Waals surface area contributed by atoms with Crippen LogP contribution >= 0.6 is 23.2 Å². The number of nitrogen functional groups attached to an aromatic ring is 1. The molecule has 0 aromatic carbocycles. The largest absolute Gasteiger partial charge is 0.381 e.